The van der Waals surface area contributed by atoms with E-state index in [1.54, 1.807) is 0 Å². The lowest BCUT2D eigenvalue weighted by atomic mass is 9.74. The number of para-hydroxylation sites is 1. The second-order valence-electron chi connectivity index (χ2n) is 7.51. The highest BCUT2D eigenvalue weighted by atomic mass is 16.5. The molecule has 2 fully saturated rings. The third kappa shape index (κ3) is 2.70. The number of ether oxygens (including phenoxy) is 1. The minimum absolute atomic E-state index is 0.0976. The van der Waals surface area contributed by atoms with E-state index in [-0.39, 0.29) is 23.8 Å². The molecule has 1 aromatic rings. The van der Waals surface area contributed by atoms with Gasteiger partial charge in [-0.1, -0.05) is 18.2 Å². The van der Waals surface area contributed by atoms with Crippen LogP contribution in [0.5, 0.6) is 5.75 Å². The molecule has 0 spiro atoms. The van der Waals surface area contributed by atoms with Gasteiger partial charge in [0.05, 0.1) is 19.8 Å². The van der Waals surface area contributed by atoms with Crippen molar-refractivity contribution in [2.24, 2.45) is 5.41 Å². The molecule has 2 saturated heterocycles. The van der Waals surface area contributed by atoms with Gasteiger partial charge in [-0.15, -0.1) is 0 Å². The van der Waals surface area contributed by atoms with Crippen molar-refractivity contribution in [3.8, 4) is 5.75 Å². The Hall–Kier alpha value is -1.59. The van der Waals surface area contributed by atoms with Crippen molar-refractivity contribution in [3.63, 3.8) is 0 Å². The molecule has 5 nitrogen and oxygen atoms in total. The minimum Gasteiger partial charge on any atom is -0.493 e. The quantitative estimate of drug-likeness (QED) is 0.912. The Labute approximate surface area is 143 Å². The molecule has 24 heavy (non-hydrogen) atoms. The fraction of sp³-hybridized carbons (Fsp3) is 0.632. The number of aliphatic hydroxyl groups is 1. The molecular weight excluding hydrogens is 304 g/mol. The molecule has 2 atom stereocenters. The summed E-state index contributed by atoms with van der Waals surface area (Å²) in [7, 11) is 0. The monoisotopic (exact) mass is 330 g/mol. The number of hydrogen-bond acceptors (Lipinski definition) is 4. The van der Waals surface area contributed by atoms with Gasteiger partial charge in [0.15, 0.2) is 0 Å². The highest BCUT2D eigenvalue weighted by Gasteiger charge is 2.51. The van der Waals surface area contributed by atoms with Crippen LogP contribution in [0, 0.1) is 5.41 Å². The predicted molar refractivity (Wildman–Crippen MR) is 91.1 cm³/mol. The highest BCUT2D eigenvalue weighted by molar-refractivity contribution is 5.78. The van der Waals surface area contributed by atoms with E-state index in [9.17, 15) is 9.90 Å². The van der Waals surface area contributed by atoms with Crippen molar-refractivity contribution >= 4 is 5.91 Å². The largest absolute Gasteiger partial charge is 0.493 e. The summed E-state index contributed by atoms with van der Waals surface area (Å²) < 4.78 is 5.92. The van der Waals surface area contributed by atoms with E-state index in [1.807, 2.05) is 23.1 Å². The Kier molecular flexibility index (Phi) is 4.22. The van der Waals surface area contributed by atoms with Crippen molar-refractivity contribution in [2.75, 3.05) is 45.9 Å². The van der Waals surface area contributed by atoms with Gasteiger partial charge in [0.25, 0.3) is 0 Å². The van der Waals surface area contributed by atoms with Gasteiger partial charge in [0.2, 0.25) is 5.91 Å². The first-order valence-corrected chi connectivity index (χ1v) is 9.05. The first-order chi connectivity index (χ1) is 11.7. The molecule has 0 aromatic heterocycles. The molecule has 0 bridgehead atoms. The summed E-state index contributed by atoms with van der Waals surface area (Å²) in [5.74, 6) is 1.40. The number of likely N-dealkylation sites (tertiary alicyclic amines) is 2. The molecule has 5 heteroatoms. The first-order valence-electron chi connectivity index (χ1n) is 9.05. The maximum atomic E-state index is 12.6. The van der Waals surface area contributed by atoms with Crippen LogP contribution in [-0.2, 0) is 4.79 Å². The number of fused-ring (bicyclic) bond motifs is 3. The van der Waals surface area contributed by atoms with Crippen LogP contribution in [0.25, 0.3) is 0 Å². The highest BCUT2D eigenvalue weighted by Crippen LogP contribution is 2.49. The number of amides is 1. The van der Waals surface area contributed by atoms with E-state index < -0.39 is 0 Å². The van der Waals surface area contributed by atoms with Crippen molar-refractivity contribution in [3.05, 3.63) is 29.8 Å². The van der Waals surface area contributed by atoms with Gasteiger partial charge >= 0.3 is 0 Å². The van der Waals surface area contributed by atoms with E-state index in [0.29, 0.717) is 13.2 Å². The number of carbonyl (C=O) groups excluding carboxylic acids is 1. The van der Waals surface area contributed by atoms with E-state index in [4.69, 9.17) is 4.74 Å². The van der Waals surface area contributed by atoms with E-state index in [2.05, 4.69) is 11.0 Å². The zero-order valence-electron chi connectivity index (χ0n) is 14.1. The van der Waals surface area contributed by atoms with Crippen LogP contribution in [-0.4, -0.2) is 66.8 Å². The molecule has 1 N–H and O–H groups in total. The summed E-state index contributed by atoms with van der Waals surface area (Å²) in [6, 6.07) is 8.10. The second-order valence-corrected chi connectivity index (χ2v) is 7.51. The lowest BCUT2D eigenvalue weighted by molar-refractivity contribution is -0.133. The summed E-state index contributed by atoms with van der Waals surface area (Å²) in [5, 5.41) is 10.1. The lowest BCUT2D eigenvalue weighted by Crippen LogP contribution is -2.44. The van der Waals surface area contributed by atoms with E-state index in [0.717, 1.165) is 44.8 Å². The summed E-state index contributed by atoms with van der Waals surface area (Å²) in [6.45, 7) is 4.42. The van der Waals surface area contributed by atoms with Crippen molar-refractivity contribution in [1.29, 1.82) is 0 Å². The number of hydrogen-bond donors (Lipinski definition) is 1. The molecule has 3 heterocycles. The van der Waals surface area contributed by atoms with Crippen LogP contribution in [0.15, 0.2) is 24.3 Å². The molecule has 3 aliphatic rings. The standard InChI is InChI=1S/C19H26N2O3/c22-13-19-12-20(11-18(23)21-8-4-1-5-9-21)10-16(19)15-6-2-3-7-17(15)24-14-19/h2-3,6-7,16,22H,1,4-5,8-14H2/t16-,19-/m1/s1. The first kappa shape index (κ1) is 15.9. The average Bonchev–Trinajstić information content (AvgIpc) is 3.01. The summed E-state index contributed by atoms with van der Waals surface area (Å²) in [4.78, 5) is 16.8. The summed E-state index contributed by atoms with van der Waals surface area (Å²) in [6.07, 6.45) is 3.48. The fourth-order valence-corrected chi connectivity index (χ4v) is 4.53. The van der Waals surface area contributed by atoms with Gasteiger partial charge < -0.3 is 14.7 Å². The normalized spacial score (nSPS) is 29.7. The summed E-state index contributed by atoms with van der Waals surface area (Å²) in [5.41, 5.74) is 0.891. The van der Waals surface area contributed by atoms with Crippen molar-refractivity contribution in [1.82, 2.24) is 9.80 Å². The lowest BCUT2D eigenvalue weighted by Gasteiger charge is -2.38. The number of aliphatic hydroxyl groups excluding tert-OH is 1. The Bertz CT molecular complexity index is 614. The van der Waals surface area contributed by atoms with Gasteiger partial charge in [0.1, 0.15) is 5.75 Å². The van der Waals surface area contributed by atoms with Gasteiger partial charge in [0, 0.05) is 37.5 Å². The zero-order valence-corrected chi connectivity index (χ0v) is 14.1. The SMILES string of the molecule is O=C(CN1C[C@@H]2c3ccccc3OC[C@]2(CO)C1)N1CCCCC1. The van der Waals surface area contributed by atoms with Gasteiger partial charge in [-0.2, -0.15) is 0 Å². The maximum Gasteiger partial charge on any atom is 0.236 e. The molecular formula is C19H26N2O3. The third-order valence-electron chi connectivity index (χ3n) is 5.91. The Morgan fingerprint density at radius 1 is 1.25 bits per heavy atom. The van der Waals surface area contributed by atoms with Crippen LogP contribution in [0.2, 0.25) is 0 Å². The van der Waals surface area contributed by atoms with E-state index in [1.165, 1.54) is 12.0 Å². The topological polar surface area (TPSA) is 53.0 Å². The van der Waals surface area contributed by atoms with Gasteiger partial charge in [-0.05, 0) is 30.9 Å². The molecule has 0 unspecified atom stereocenters. The molecule has 0 aliphatic carbocycles. The van der Waals surface area contributed by atoms with Crippen LogP contribution in [0.1, 0.15) is 30.7 Å². The van der Waals surface area contributed by atoms with Crippen LogP contribution in [0.3, 0.4) is 0 Å². The molecule has 130 valence electrons. The van der Waals surface area contributed by atoms with Crippen LogP contribution >= 0.6 is 0 Å². The molecule has 0 saturated carbocycles. The Morgan fingerprint density at radius 2 is 2.04 bits per heavy atom. The van der Waals surface area contributed by atoms with Crippen LogP contribution < -0.4 is 4.74 Å². The fourth-order valence-electron chi connectivity index (χ4n) is 4.53. The molecule has 0 radical (unpaired) electrons. The summed E-state index contributed by atoms with van der Waals surface area (Å²) >= 11 is 0. The van der Waals surface area contributed by atoms with E-state index >= 15 is 0 Å². The number of nitrogens with zero attached hydrogens (tertiary/aromatic N) is 2. The third-order valence-corrected chi connectivity index (χ3v) is 5.91. The second kappa shape index (κ2) is 6.37. The number of benzene rings is 1. The average molecular weight is 330 g/mol. The Balaban J connectivity index is 1.50. The van der Waals surface area contributed by atoms with Crippen molar-refractivity contribution < 1.29 is 14.6 Å². The van der Waals surface area contributed by atoms with Crippen molar-refractivity contribution in [2.45, 2.75) is 25.2 Å². The number of rotatable bonds is 3. The van der Waals surface area contributed by atoms with Crippen LogP contribution in [0.4, 0.5) is 0 Å². The maximum absolute atomic E-state index is 12.6. The smallest absolute Gasteiger partial charge is 0.236 e. The molecule has 1 amide bonds. The van der Waals surface area contributed by atoms with Gasteiger partial charge in [-0.25, -0.2) is 0 Å². The molecule has 3 aliphatic heterocycles. The molecule has 4 rings (SSSR count). The zero-order chi connectivity index (χ0) is 16.6. The number of piperidine rings is 1. The predicted octanol–water partition coefficient (Wildman–Crippen LogP) is 1.47. The minimum atomic E-state index is -0.281. The van der Waals surface area contributed by atoms with Gasteiger partial charge in [-0.3, -0.25) is 9.69 Å². The molecule has 1 aromatic carbocycles. The Morgan fingerprint density at radius 3 is 2.83 bits per heavy atom. The number of carbonyl (C=O) groups is 1.